The molecule has 2 aliphatic rings. The van der Waals surface area contributed by atoms with Crippen molar-refractivity contribution >= 4 is 17.9 Å². The molecule has 112 valence electrons. The van der Waals surface area contributed by atoms with Crippen LogP contribution >= 0.6 is 0 Å². The van der Waals surface area contributed by atoms with Gasteiger partial charge in [0.1, 0.15) is 24.5 Å². The van der Waals surface area contributed by atoms with Crippen molar-refractivity contribution in [2.24, 2.45) is 4.99 Å². The Morgan fingerprint density at radius 1 is 1.32 bits per heavy atom. The number of nitrogens with zero attached hydrogens (tertiary/aromatic N) is 2. The number of hydrogen-bond donors (Lipinski definition) is 0. The lowest BCUT2D eigenvalue weighted by Crippen LogP contribution is -2.38. The SMILES string of the molecule is CN1CC2=C(C=CCC2=O)N=C1COc1ccc(C=O)cc1. The summed E-state index contributed by atoms with van der Waals surface area (Å²) in [4.78, 5) is 28.9. The second kappa shape index (κ2) is 5.97. The van der Waals surface area contributed by atoms with E-state index in [-0.39, 0.29) is 5.78 Å². The van der Waals surface area contributed by atoms with Gasteiger partial charge in [-0.2, -0.15) is 0 Å². The summed E-state index contributed by atoms with van der Waals surface area (Å²) in [7, 11) is 1.90. The standard InChI is InChI=1S/C17H16N2O3/c1-19-9-14-15(3-2-4-16(14)21)18-17(19)11-22-13-7-5-12(10-20)6-8-13/h2-3,5-8,10H,4,9,11H2,1H3. The number of aliphatic imine (C=N–C) groups is 1. The molecule has 1 aromatic carbocycles. The van der Waals surface area contributed by atoms with Gasteiger partial charge in [-0.15, -0.1) is 0 Å². The number of hydrogen-bond acceptors (Lipinski definition) is 5. The van der Waals surface area contributed by atoms with Gasteiger partial charge in [0.05, 0.1) is 5.70 Å². The van der Waals surface area contributed by atoms with E-state index in [1.807, 2.05) is 24.1 Å². The van der Waals surface area contributed by atoms with Crippen LogP contribution in [0.15, 0.2) is 52.7 Å². The minimum absolute atomic E-state index is 0.137. The Morgan fingerprint density at radius 2 is 2.09 bits per heavy atom. The first-order valence-corrected chi connectivity index (χ1v) is 7.07. The van der Waals surface area contributed by atoms with Gasteiger partial charge in [0.15, 0.2) is 5.78 Å². The molecular formula is C17H16N2O3. The molecule has 1 aliphatic carbocycles. The Balaban J connectivity index is 1.72. The highest BCUT2D eigenvalue weighted by atomic mass is 16.5. The summed E-state index contributed by atoms with van der Waals surface area (Å²) in [5.74, 6) is 1.59. The van der Waals surface area contributed by atoms with Gasteiger partial charge in [0.25, 0.3) is 0 Å². The van der Waals surface area contributed by atoms with E-state index in [0.29, 0.717) is 30.9 Å². The Morgan fingerprint density at radius 3 is 2.82 bits per heavy atom. The lowest BCUT2D eigenvalue weighted by atomic mass is 9.99. The number of carbonyl (C=O) groups is 2. The molecule has 0 saturated carbocycles. The molecule has 0 aromatic heterocycles. The van der Waals surface area contributed by atoms with Crippen LogP contribution in [0.5, 0.6) is 5.75 Å². The Bertz CT molecular complexity index is 699. The van der Waals surface area contributed by atoms with Gasteiger partial charge in [-0.05, 0) is 30.3 Å². The van der Waals surface area contributed by atoms with Crippen LogP contribution in [0, 0.1) is 0 Å². The zero-order valence-corrected chi connectivity index (χ0v) is 12.3. The predicted octanol–water partition coefficient (Wildman–Crippen LogP) is 2.00. The molecule has 0 radical (unpaired) electrons. The highest BCUT2D eigenvalue weighted by Crippen LogP contribution is 2.22. The fourth-order valence-corrected chi connectivity index (χ4v) is 2.40. The molecule has 0 N–H and O–H groups in total. The predicted molar refractivity (Wildman–Crippen MR) is 83.2 cm³/mol. The molecule has 5 nitrogen and oxygen atoms in total. The molecular weight excluding hydrogens is 280 g/mol. The normalized spacial score (nSPS) is 17.2. The number of benzene rings is 1. The number of rotatable bonds is 4. The molecule has 1 aliphatic heterocycles. The highest BCUT2D eigenvalue weighted by molar-refractivity contribution is 6.01. The number of likely N-dealkylation sites (N-methyl/N-ethyl adjacent to an activating group) is 1. The Hall–Kier alpha value is -2.69. The number of ether oxygens (including phenoxy) is 1. The van der Waals surface area contributed by atoms with Crippen molar-refractivity contribution in [2.45, 2.75) is 6.42 Å². The third-order valence-electron chi connectivity index (χ3n) is 3.69. The van der Waals surface area contributed by atoms with Crippen LogP contribution in [0.3, 0.4) is 0 Å². The molecule has 0 atom stereocenters. The second-order valence-electron chi connectivity index (χ2n) is 5.25. The molecule has 22 heavy (non-hydrogen) atoms. The van der Waals surface area contributed by atoms with Crippen LogP contribution in [0.1, 0.15) is 16.8 Å². The number of allylic oxidation sites excluding steroid dienone is 2. The van der Waals surface area contributed by atoms with E-state index in [1.165, 1.54) is 0 Å². The van der Waals surface area contributed by atoms with Crippen LogP contribution in [0.25, 0.3) is 0 Å². The molecule has 3 rings (SSSR count). The van der Waals surface area contributed by atoms with E-state index >= 15 is 0 Å². The topological polar surface area (TPSA) is 59.0 Å². The maximum Gasteiger partial charge on any atom is 0.166 e. The average molecular weight is 296 g/mol. The zero-order chi connectivity index (χ0) is 15.5. The maximum absolute atomic E-state index is 11.9. The van der Waals surface area contributed by atoms with Gasteiger partial charge in [-0.25, -0.2) is 4.99 Å². The summed E-state index contributed by atoms with van der Waals surface area (Å²) in [6, 6.07) is 6.92. The first kappa shape index (κ1) is 14.3. The van der Waals surface area contributed by atoms with Gasteiger partial charge < -0.3 is 9.64 Å². The first-order valence-electron chi connectivity index (χ1n) is 7.07. The lowest BCUT2D eigenvalue weighted by Gasteiger charge is -2.28. The summed E-state index contributed by atoms with van der Waals surface area (Å²) in [6.45, 7) is 0.876. The number of amidine groups is 1. The monoisotopic (exact) mass is 296 g/mol. The van der Waals surface area contributed by atoms with Gasteiger partial charge in [0, 0.05) is 31.1 Å². The molecule has 1 heterocycles. The number of Topliss-reactive ketones (excluding diaryl/α,β-unsaturated/α-hetero) is 1. The molecule has 5 heteroatoms. The average Bonchev–Trinajstić information content (AvgIpc) is 2.54. The second-order valence-corrected chi connectivity index (χ2v) is 5.25. The van der Waals surface area contributed by atoms with E-state index in [9.17, 15) is 9.59 Å². The summed E-state index contributed by atoms with van der Waals surface area (Å²) in [5.41, 5.74) is 2.12. The van der Waals surface area contributed by atoms with E-state index in [2.05, 4.69) is 4.99 Å². The number of carbonyl (C=O) groups excluding carboxylic acids is 2. The van der Waals surface area contributed by atoms with Crippen LogP contribution in [0.4, 0.5) is 0 Å². The molecule has 0 bridgehead atoms. The maximum atomic E-state index is 11.9. The van der Waals surface area contributed by atoms with Crippen molar-refractivity contribution in [1.29, 1.82) is 0 Å². The smallest absolute Gasteiger partial charge is 0.166 e. The molecule has 0 spiro atoms. The lowest BCUT2D eigenvalue weighted by molar-refractivity contribution is -0.115. The van der Waals surface area contributed by atoms with Crippen molar-refractivity contribution in [3.8, 4) is 5.75 Å². The molecule has 0 saturated heterocycles. The van der Waals surface area contributed by atoms with Crippen molar-refractivity contribution in [1.82, 2.24) is 4.90 Å². The van der Waals surface area contributed by atoms with E-state index in [1.54, 1.807) is 24.3 Å². The quantitative estimate of drug-likeness (QED) is 0.797. The minimum Gasteiger partial charge on any atom is -0.486 e. The Labute approximate surface area is 128 Å². The molecule has 1 aromatic rings. The summed E-state index contributed by atoms with van der Waals surface area (Å²) in [6.07, 6.45) is 4.98. The van der Waals surface area contributed by atoms with Gasteiger partial charge >= 0.3 is 0 Å². The van der Waals surface area contributed by atoms with Crippen LogP contribution in [-0.4, -0.2) is 43.0 Å². The molecule has 0 unspecified atom stereocenters. The first-order chi connectivity index (χ1) is 10.7. The van der Waals surface area contributed by atoms with Gasteiger partial charge in [-0.1, -0.05) is 6.08 Å². The third-order valence-corrected chi connectivity index (χ3v) is 3.69. The van der Waals surface area contributed by atoms with Crippen LogP contribution in [-0.2, 0) is 4.79 Å². The largest absolute Gasteiger partial charge is 0.486 e. The van der Waals surface area contributed by atoms with Crippen molar-refractivity contribution < 1.29 is 14.3 Å². The van der Waals surface area contributed by atoms with Crippen molar-refractivity contribution in [3.05, 3.63) is 53.3 Å². The van der Waals surface area contributed by atoms with Crippen LogP contribution < -0.4 is 4.74 Å². The van der Waals surface area contributed by atoms with Gasteiger partial charge in [0.2, 0.25) is 0 Å². The van der Waals surface area contributed by atoms with E-state index in [0.717, 1.165) is 23.4 Å². The van der Waals surface area contributed by atoms with Crippen molar-refractivity contribution in [2.75, 3.05) is 20.2 Å². The van der Waals surface area contributed by atoms with Crippen LogP contribution in [0.2, 0.25) is 0 Å². The molecule has 0 amide bonds. The molecule has 0 fully saturated rings. The highest BCUT2D eigenvalue weighted by Gasteiger charge is 2.24. The van der Waals surface area contributed by atoms with E-state index < -0.39 is 0 Å². The van der Waals surface area contributed by atoms with E-state index in [4.69, 9.17) is 4.74 Å². The van der Waals surface area contributed by atoms with Gasteiger partial charge in [-0.3, -0.25) is 9.59 Å². The fourth-order valence-electron chi connectivity index (χ4n) is 2.40. The number of aldehydes is 1. The zero-order valence-electron chi connectivity index (χ0n) is 12.3. The third kappa shape index (κ3) is 2.83. The number of ketones is 1. The minimum atomic E-state index is 0.137. The van der Waals surface area contributed by atoms with Crippen molar-refractivity contribution in [3.63, 3.8) is 0 Å². The summed E-state index contributed by atoms with van der Waals surface area (Å²) < 4.78 is 5.70. The summed E-state index contributed by atoms with van der Waals surface area (Å²) in [5, 5.41) is 0. The summed E-state index contributed by atoms with van der Waals surface area (Å²) >= 11 is 0. The Kier molecular flexibility index (Phi) is 3.87. The fraction of sp³-hybridized carbons (Fsp3) is 0.235.